The van der Waals surface area contributed by atoms with Gasteiger partial charge < -0.3 is 4.74 Å². The summed E-state index contributed by atoms with van der Waals surface area (Å²) in [7, 11) is 1.34. The molecule has 22 heavy (non-hydrogen) atoms. The zero-order chi connectivity index (χ0) is 16.1. The van der Waals surface area contributed by atoms with Crippen LogP contribution in [0.15, 0.2) is 48.5 Å². The lowest BCUT2D eigenvalue weighted by atomic mass is 10.1. The number of halogens is 1. The Bertz CT molecular complexity index is 738. The van der Waals surface area contributed by atoms with Crippen molar-refractivity contribution in [3.63, 3.8) is 0 Å². The van der Waals surface area contributed by atoms with E-state index in [1.54, 1.807) is 30.3 Å². The molecule has 0 amide bonds. The molecule has 0 unspecified atom stereocenters. The number of nitro benzene ring substituents is 1. The average Bonchev–Trinajstić information content (AvgIpc) is 2.53. The lowest BCUT2D eigenvalue weighted by Crippen LogP contribution is -1.99. The minimum Gasteiger partial charge on any atom is -0.490 e. The number of carbonyl (C=O) groups is 1. The number of ether oxygens (including phenoxy) is 1. The maximum Gasteiger partial charge on any atom is 0.311 e. The summed E-state index contributed by atoms with van der Waals surface area (Å²) in [5, 5.41) is 11.6. The number of allylic oxidation sites excluding steroid dienone is 1. The SMILES string of the molecule is COc1ccc(C(=O)/C=C/c2ccc(Cl)cc2)cc1[N+](=O)[O-]. The molecule has 0 saturated carbocycles. The molecule has 2 rings (SSSR count). The maximum absolute atomic E-state index is 12.1. The van der Waals surface area contributed by atoms with Crippen molar-refractivity contribution in [3.8, 4) is 5.75 Å². The van der Waals surface area contributed by atoms with Crippen molar-refractivity contribution in [1.29, 1.82) is 0 Å². The fraction of sp³-hybridized carbons (Fsp3) is 0.0625. The third-order valence-electron chi connectivity index (χ3n) is 2.96. The van der Waals surface area contributed by atoms with Crippen molar-refractivity contribution in [1.82, 2.24) is 0 Å². The van der Waals surface area contributed by atoms with Gasteiger partial charge in [-0.15, -0.1) is 0 Å². The number of hydrogen-bond donors (Lipinski definition) is 0. The summed E-state index contributed by atoms with van der Waals surface area (Å²) >= 11 is 5.78. The van der Waals surface area contributed by atoms with Crippen LogP contribution >= 0.6 is 11.6 Å². The van der Waals surface area contributed by atoms with Gasteiger partial charge in [0, 0.05) is 16.7 Å². The molecule has 0 radical (unpaired) electrons. The molecule has 0 aliphatic rings. The van der Waals surface area contributed by atoms with Gasteiger partial charge in [-0.25, -0.2) is 0 Å². The highest BCUT2D eigenvalue weighted by Gasteiger charge is 2.17. The highest BCUT2D eigenvalue weighted by atomic mass is 35.5. The molecule has 0 aliphatic heterocycles. The first kappa shape index (κ1) is 15.7. The van der Waals surface area contributed by atoms with Crippen molar-refractivity contribution in [2.24, 2.45) is 0 Å². The topological polar surface area (TPSA) is 69.4 Å². The molecule has 2 aromatic rings. The van der Waals surface area contributed by atoms with Gasteiger partial charge in [-0.2, -0.15) is 0 Å². The Morgan fingerprint density at radius 3 is 2.50 bits per heavy atom. The van der Waals surface area contributed by atoms with Crippen LogP contribution in [-0.4, -0.2) is 17.8 Å². The van der Waals surface area contributed by atoms with Gasteiger partial charge in [-0.1, -0.05) is 29.8 Å². The van der Waals surface area contributed by atoms with E-state index in [1.807, 2.05) is 0 Å². The lowest BCUT2D eigenvalue weighted by molar-refractivity contribution is -0.385. The van der Waals surface area contributed by atoms with Crippen LogP contribution in [0.25, 0.3) is 6.08 Å². The van der Waals surface area contributed by atoms with Crippen LogP contribution in [0.3, 0.4) is 0 Å². The monoisotopic (exact) mass is 317 g/mol. The van der Waals surface area contributed by atoms with Crippen molar-refractivity contribution in [3.05, 3.63) is 74.8 Å². The van der Waals surface area contributed by atoms with Crippen LogP contribution in [0.5, 0.6) is 5.75 Å². The van der Waals surface area contributed by atoms with Crippen molar-refractivity contribution in [2.45, 2.75) is 0 Å². The Balaban J connectivity index is 2.24. The summed E-state index contributed by atoms with van der Waals surface area (Å²) < 4.78 is 4.90. The Kier molecular flexibility index (Phi) is 4.91. The van der Waals surface area contributed by atoms with E-state index in [9.17, 15) is 14.9 Å². The minimum absolute atomic E-state index is 0.114. The first-order valence-electron chi connectivity index (χ1n) is 6.31. The lowest BCUT2D eigenvalue weighted by Gasteiger charge is -2.02. The van der Waals surface area contributed by atoms with Gasteiger partial charge in [0.05, 0.1) is 12.0 Å². The number of benzene rings is 2. The number of ketones is 1. The predicted molar refractivity (Wildman–Crippen MR) is 84.5 cm³/mol. The fourth-order valence-corrected chi connectivity index (χ4v) is 1.95. The second-order valence-electron chi connectivity index (χ2n) is 4.39. The van der Waals surface area contributed by atoms with Gasteiger partial charge in [0.1, 0.15) is 0 Å². The molecule has 0 aromatic heterocycles. The van der Waals surface area contributed by atoms with Crippen LogP contribution in [0.2, 0.25) is 5.02 Å². The van der Waals surface area contributed by atoms with Crippen molar-refractivity contribution >= 4 is 29.1 Å². The summed E-state index contributed by atoms with van der Waals surface area (Å²) in [6.07, 6.45) is 2.98. The van der Waals surface area contributed by atoms with Crippen LogP contribution < -0.4 is 4.74 Å². The molecular weight excluding hydrogens is 306 g/mol. The molecular formula is C16H12ClNO4. The van der Waals surface area contributed by atoms with E-state index >= 15 is 0 Å². The molecule has 0 heterocycles. The zero-order valence-electron chi connectivity index (χ0n) is 11.7. The summed E-state index contributed by atoms with van der Waals surface area (Å²) in [6.45, 7) is 0. The van der Waals surface area contributed by atoms with Crippen LogP contribution in [0, 0.1) is 10.1 Å². The third kappa shape index (κ3) is 3.71. The number of nitro groups is 1. The molecule has 0 atom stereocenters. The fourth-order valence-electron chi connectivity index (χ4n) is 1.83. The third-order valence-corrected chi connectivity index (χ3v) is 3.21. The van der Waals surface area contributed by atoms with Gasteiger partial charge in [0.25, 0.3) is 0 Å². The van der Waals surface area contributed by atoms with E-state index in [2.05, 4.69) is 0 Å². The summed E-state index contributed by atoms with van der Waals surface area (Å²) in [5.74, 6) is -0.219. The largest absolute Gasteiger partial charge is 0.490 e. The number of hydrogen-bond acceptors (Lipinski definition) is 4. The average molecular weight is 318 g/mol. The van der Waals surface area contributed by atoms with Crippen LogP contribution in [0.4, 0.5) is 5.69 Å². The van der Waals surface area contributed by atoms with E-state index in [4.69, 9.17) is 16.3 Å². The van der Waals surface area contributed by atoms with E-state index in [1.165, 1.54) is 31.4 Å². The van der Waals surface area contributed by atoms with E-state index < -0.39 is 4.92 Å². The Labute approximate surface area is 131 Å². The van der Waals surface area contributed by atoms with Gasteiger partial charge in [0.15, 0.2) is 11.5 Å². The number of carbonyl (C=O) groups excluding carboxylic acids is 1. The smallest absolute Gasteiger partial charge is 0.311 e. The molecule has 0 bridgehead atoms. The molecule has 0 fully saturated rings. The van der Waals surface area contributed by atoms with Crippen molar-refractivity contribution < 1.29 is 14.5 Å². The molecule has 5 nitrogen and oxygen atoms in total. The Morgan fingerprint density at radius 2 is 1.91 bits per heavy atom. The quantitative estimate of drug-likeness (QED) is 0.359. The normalized spacial score (nSPS) is 10.6. The van der Waals surface area contributed by atoms with E-state index in [-0.39, 0.29) is 22.8 Å². The molecule has 0 aliphatic carbocycles. The van der Waals surface area contributed by atoms with E-state index in [0.717, 1.165) is 5.56 Å². The van der Waals surface area contributed by atoms with Gasteiger partial charge in [-0.3, -0.25) is 14.9 Å². The number of nitrogens with zero attached hydrogens (tertiary/aromatic N) is 1. The second-order valence-corrected chi connectivity index (χ2v) is 4.83. The molecule has 0 N–H and O–H groups in total. The molecule has 112 valence electrons. The van der Waals surface area contributed by atoms with Crippen molar-refractivity contribution in [2.75, 3.05) is 7.11 Å². The summed E-state index contributed by atoms with van der Waals surface area (Å²) in [6, 6.07) is 11.0. The number of methoxy groups -OCH3 is 1. The zero-order valence-corrected chi connectivity index (χ0v) is 12.4. The first-order valence-corrected chi connectivity index (χ1v) is 6.69. The highest BCUT2D eigenvalue weighted by molar-refractivity contribution is 6.30. The summed E-state index contributed by atoms with van der Waals surface area (Å²) in [4.78, 5) is 22.4. The van der Waals surface area contributed by atoms with E-state index in [0.29, 0.717) is 5.02 Å². The predicted octanol–water partition coefficient (Wildman–Crippen LogP) is 4.15. The maximum atomic E-state index is 12.1. The highest BCUT2D eigenvalue weighted by Crippen LogP contribution is 2.27. The Hall–Kier alpha value is -2.66. The standard InChI is InChI=1S/C16H12ClNO4/c1-22-16-9-5-12(10-14(16)18(20)21)15(19)8-4-11-2-6-13(17)7-3-11/h2-10H,1H3/b8-4+. The van der Waals surface area contributed by atoms with Gasteiger partial charge in [-0.05, 0) is 35.9 Å². The van der Waals surface area contributed by atoms with Gasteiger partial charge >= 0.3 is 5.69 Å². The molecule has 0 spiro atoms. The van der Waals surface area contributed by atoms with Gasteiger partial charge in [0.2, 0.25) is 0 Å². The molecule has 0 saturated heterocycles. The summed E-state index contributed by atoms with van der Waals surface area (Å²) in [5.41, 5.74) is 0.784. The Morgan fingerprint density at radius 1 is 1.23 bits per heavy atom. The number of rotatable bonds is 5. The second kappa shape index (κ2) is 6.87. The first-order chi connectivity index (χ1) is 10.5. The van der Waals surface area contributed by atoms with Crippen LogP contribution in [-0.2, 0) is 0 Å². The molecule has 6 heteroatoms. The minimum atomic E-state index is -0.585. The van der Waals surface area contributed by atoms with Crippen LogP contribution in [0.1, 0.15) is 15.9 Å². The molecule has 2 aromatic carbocycles.